The van der Waals surface area contributed by atoms with E-state index in [1.165, 1.54) is 5.56 Å². The topological polar surface area (TPSA) is 80.5 Å². The standard InChI is InChI=1S/C26H31ClN4O3/c1-26(2,3)19-7-5-17(6-8-19)24-29-23(34-30-24)16-31-13-11-18(12-14-31)25(32)28-21-15-20(27)9-10-22(21)33-4/h5-10,15,18H,11-14,16H2,1-4H3,(H,28,32). The van der Waals surface area contributed by atoms with Gasteiger partial charge in [-0.05, 0) is 55.1 Å². The van der Waals surface area contributed by atoms with E-state index in [0.717, 1.165) is 31.5 Å². The van der Waals surface area contributed by atoms with Crippen molar-refractivity contribution in [3.05, 3.63) is 58.9 Å². The Morgan fingerprint density at radius 2 is 1.88 bits per heavy atom. The normalized spacial score (nSPS) is 15.3. The second-order valence-electron chi connectivity index (χ2n) is 9.72. The third kappa shape index (κ3) is 5.77. The molecule has 0 saturated carbocycles. The first kappa shape index (κ1) is 24.2. The van der Waals surface area contributed by atoms with E-state index in [2.05, 4.69) is 53.3 Å². The molecule has 1 saturated heterocycles. The van der Waals surface area contributed by atoms with E-state index in [4.69, 9.17) is 20.9 Å². The zero-order chi connectivity index (χ0) is 24.3. The van der Waals surface area contributed by atoms with Crippen molar-refractivity contribution in [2.75, 3.05) is 25.5 Å². The lowest BCUT2D eigenvalue weighted by molar-refractivity contribution is -0.121. The Labute approximate surface area is 205 Å². The highest BCUT2D eigenvalue weighted by molar-refractivity contribution is 6.31. The molecule has 1 fully saturated rings. The molecule has 8 heteroatoms. The molecule has 2 heterocycles. The van der Waals surface area contributed by atoms with E-state index >= 15 is 0 Å². The van der Waals surface area contributed by atoms with Crippen molar-refractivity contribution >= 4 is 23.2 Å². The summed E-state index contributed by atoms with van der Waals surface area (Å²) in [6.07, 6.45) is 1.51. The molecule has 1 amide bonds. The summed E-state index contributed by atoms with van der Waals surface area (Å²) in [5, 5.41) is 7.67. The largest absolute Gasteiger partial charge is 0.495 e. The van der Waals surface area contributed by atoms with Gasteiger partial charge in [-0.3, -0.25) is 9.69 Å². The Hall–Kier alpha value is -2.90. The Morgan fingerprint density at radius 3 is 2.53 bits per heavy atom. The minimum absolute atomic E-state index is 0.0148. The molecule has 1 aliphatic heterocycles. The summed E-state index contributed by atoms with van der Waals surface area (Å²) in [6, 6.07) is 13.5. The number of nitrogens with zero attached hydrogens (tertiary/aromatic N) is 3. The van der Waals surface area contributed by atoms with Crippen LogP contribution in [0.15, 0.2) is 47.0 Å². The van der Waals surface area contributed by atoms with Crippen LogP contribution in [0.2, 0.25) is 5.02 Å². The van der Waals surface area contributed by atoms with Gasteiger partial charge in [-0.1, -0.05) is 61.8 Å². The van der Waals surface area contributed by atoms with Crippen molar-refractivity contribution in [1.29, 1.82) is 0 Å². The summed E-state index contributed by atoms with van der Waals surface area (Å²) in [4.78, 5) is 19.6. The van der Waals surface area contributed by atoms with Crippen LogP contribution in [0.25, 0.3) is 11.4 Å². The molecule has 0 aliphatic carbocycles. The first-order valence-electron chi connectivity index (χ1n) is 11.5. The third-order valence-corrected chi connectivity index (χ3v) is 6.45. The van der Waals surface area contributed by atoms with Gasteiger partial charge in [-0.25, -0.2) is 0 Å². The van der Waals surface area contributed by atoms with Gasteiger partial charge in [0, 0.05) is 16.5 Å². The van der Waals surface area contributed by atoms with Gasteiger partial charge in [0.25, 0.3) is 0 Å². The smallest absolute Gasteiger partial charge is 0.241 e. The maximum absolute atomic E-state index is 12.8. The van der Waals surface area contributed by atoms with Gasteiger partial charge in [0.2, 0.25) is 17.6 Å². The molecule has 0 atom stereocenters. The van der Waals surface area contributed by atoms with Crippen molar-refractivity contribution in [1.82, 2.24) is 15.0 Å². The molecule has 34 heavy (non-hydrogen) atoms. The van der Waals surface area contributed by atoms with Crippen LogP contribution in [-0.4, -0.2) is 41.1 Å². The predicted octanol–water partition coefficient (Wildman–Crippen LogP) is 5.55. The third-order valence-electron chi connectivity index (χ3n) is 6.21. The van der Waals surface area contributed by atoms with Gasteiger partial charge >= 0.3 is 0 Å². The van der Waals surface area contributed by atoms with E-state index in [9.17, 15) is 4.79 Å². The van der Waals surface area contributed by atoms with E-state index in [1.54, 1.807) is 25.3 Å². The molecule has 1 aliphatic rings. The van der Waals surface area contributed by atoms with Crippen LogP contribution < -0.4 is 10.1 Å². The highest BCUT2D eigenvalue weighted by Crippen LogP contribution is 2.30. The molecule has 0 radical (unpaired) electrons. The number of ether oxygens (including phenoxy) is 1. The Kier molecular flexibility index (Phi) is 7.24. The Bertz CT molecular complexity index is 1130. The van der Waals surface area contributed by atoms with E-state index in [1.807, 2.05) is 12.1 Å². The van der Waals surface area contributed by atoms with Crippen LogP contribution in [0.1, 0.15) is 45.1 Å². The molecule has 3 aromatic rings. The quantitative estimate of drug-likeness (QED) is 0.496. The summed E-state index contributed by atoms with van der Waals surface area (Å²) in [7, 11) is 1.57. The summed E-state index contributed by atoms with van der Waals surface area (Å²) in [5.74, 6) is 1.69. The van der Waals surface area contributed by atoms with Crippen molar-refractivity contribution in [3.8, 4) is 17.1 Å². The van der Waals surface area contributed by atoms with Crippen molar-refractivity contribution < 1.29 is 14.1 Å². The van der Waals surface area contributed by atoms with Gasteiger partial charge < -0.3 is 14.6 Å². The molecule has 7 nitrogen and oxygen atoms in total. The maximum atomic E-state index is 12.8. The number of halogens is 1. The van der Waals surface area contributed by atoms with Gasteiger partial charge in [-0.15, -0.1) is 0 Å². The number of piperidine rings is 1. The van der Waals surface area contributed by atoms with Gasteiger partial charge in [0.1, 0.15) is 5.75 Å². The Balaban J connectivity index is 1.30. The fourth-order valence-corrected chi connectivity index (χ4v) is 4.28. The van der Waals surface area contributed by atoms with E-state index in [-0.39, 0.29) is 17.2 Å². The zero-order valence-corrected chi connectivity index (χ0v) is 20.9. The second-order valence-corrected chi connectivity index (χ2v) is 10.2. The molecule has 4 rings (SSSR count). The number of rotatable bonds is 6. The molecule has 0 unspecified atom stereocenters. The number of methoxy groups -OCH3 is 1. The number of hydrogen-bond acceptors (Lipinski definition) is 6. The first-order valence-corrected chi connectivity index (χ1v) is 11.9. The fraction of sp³-hybridized carbons (Fsp3) is 0.423. The van der Waals surface area contributed by atoms with E-state index in [0.29, 0.717) is 34.7 Å². The number of carbonyl (C=O) groups excluding carboxylic acids is 1. The number of likely N-dealkylation sites (tertiary alicyclic amines) is 1. The number of anilines is 1. The highest BCUT2D eigenvalue weighted by Gasteiger charge is 2.27. The van der Waals surface area contributed by atoms with Gasteiger partial charge in [0.05, 0.1) is 19.3 Å². The van der Waals surface area contributed by atoms with Crippen LogP contribution in [0.4, 0.5) is 5.69 Å². The number of nitrogens with one attached hydrogen (secondary N) is 1. The van der Waals surface area contributed by atoms with Crippen LogP contribution >= 0.6 is 11.6 Å². The molecule has 0 bridgehead atoms. The number of carbonyl (C=O) groups is 1. The van der Waals surface area contributed by atoms with Crippen LogP contribution in [0.5, 0.6) is 5.75 Å². The second kappa shape index (κ2) is 10.2. The lowest BCUT2D eigenvalue weighted by atomic mass is 9.87. The van der Waals surface area contributed by atoms with Crippen LogP contribution in [0.3, 0.4) is 0 Å². The molecule has 2 aromatic carbocycles. The SMILES string of the molecule is COc1ccc(Cl)cc1NC(=O)C1CCN(Cc2nc(-c3ccc(C(C)(C)C)cc3)no2)CC1. The average Bonchev–Trinajstić information content (AvgIpc) is 3.28. The average molecular weight is 483 g/mol. The summed E-state index contributed by atoms with van der Waals surface area (Å²) < 4.78 is 10.8. The van der Waals surface area contributed by atoms with E-state index < -0.39 is 0 Å². The lowest BCUT2D eigenvalue weighted by Crippen LogP contribution is -2.37. The fourth-order valence-electron chi connectivity index (χ4n) is 4.11. The first-order chi connectivity index (χ1) is 16.2. The number of benzene rings is 2. The minimum Gasteiger partial charge on any atom is -0.495 e. The molecular formula is C26H31ClN4O3. The zero-order valence-electron chi connectivity index (χ0n) is 20.1. The molecule has 180 valence electrons. The van der Waals surface area contributed by atoms with Crippen molar-refractivity contribution in [2.24, 2.45) is 5.92 Å². The summed E-state index contributed by atoms with van der Waals surface area (Å²) in [5.41, 5.74) is 2.90. The van der Waals surface area contributed by atoms with Crippen LogP contribution in [-0.2, 0) is 16.8 Å². The number of aromatic nitrogens is 2. The predicted molar refractivity (Wildman–Crippen MR) is 133 cm³/mol. The minimum atomic E-state index is -0.0699. The molecule has 1 N–H and O–H groups in total. The number of amides is 1. The van der Waals surface area contributed by atoms with Crippen LogP contribution in [0, 0.1) is 5.92 Å². The lowest BCUT2D eigenvalue weighted by Gasteiger charge is -2.30. The molecule has 1 aromatic heterocycles. The highest BCUT2D eigenvalue weighted by atomic mass is 35.5. The Morgan fingerprint density at radius 1 is 1.18 bits per heavy atom. The monoisotopic (exact) mass is 482 g/mol. The number of hydrogen-bond donors (Lipinski definition) is 1. The molecule has 0 spiro atoms. The van der Waals surface area contributed by atoms with Crippen molar-refractivity contribution in [2.45, 2.75) is 45.6 Å². The van der Waals surface area contributed by atoms with Gasteiger partial charge in [0.15, 0.2) is 0 Å². The maximum Gasteiger partial charge on any atom is 0.241 e. The summed E-state index contributed by atoms with van der Waals surface area (Å²) >= 11 is 6.07. The molecular weight excluding hydrogens is 452 g/mol. The summed E-state index contributed by atoms with van der Waals surface area (Å²) in [6.45, 7) is 8.70. The van der Waals surface area contributed by atoms with Crippen molar-refractivity contribution in [3.63, 3.8) is 0 Å². The van der Waals surface area contributed by atoms with Gasteiger partial charge in [-0.2, -0.15) is 4.98 Å².